The molecule has 0 aliphatic carbocycles. The Balaban J connectivity index is 2.86. The Labute approximate surface area is 51.1 Å². The summed E-state index contributed by atoms with van der Waals surface area (Å²) in [4.78, 5) is 0. The van der Waals surface area contributed by atoms with Gasteiger partial charge < -0.3 is 0 Å². The highest BCUT2D eigenvalue weighted by Gasteiger charge is 1.97. The standard InChI is InChI=1S/C7H14F/c1-3-4-5-7(2)6-8/h7H,2-6H2,1H3. The van der Waals surface area contributed by atoms with E-state index in [-0.39, 0.29) is 12.6 Å². The van der Waals surface area contributed by atoms with Crippen LogP contribution in [0.25, 0.3) is 0 Å². The molecule has 0 aromatic rings. The predicted molar refractivity (Wildman–Crippen MR) is 34.3 cm³/mol. The van der Waals surface area contributed by atoms with E-state index in [0.29, 0.717) is 0 Å². The summed E-state index contributed by atoms with van der Waals surface area (Å²) in [5, 5.41) is 0. The first-order chi connectivity index (χ1) is 3.81. The van der Waals surface area contributed by atoms with Crippen molar-refractivity contribution in [1.82, 2.24) is 0 Å². The second-order valence-corrected chi connectivity index (χ2v) is 2.16. The Kier molecular flexibility index (Phi) is 5.03. The molecule has 0 nitrogen and oxygen atoms in total. The molecule has 0 N–H and O–H groups in total. The molecule has 8 heavy (non-hydrogen) atoms. The molecule has 1 radical (unpaired) electrons. The topological polar surface area (TPSA) is 0 Å². The van der Waals surface area contributed by atoms with E-state index in [1.807, 2.05) is 0 Å². The minimum atomic E-state index is -0.264. The van der Waals surface area contributed by atoms with Gasteiger partial charge >= 0.3 is 0 Å². The highest BCUT2D eigenvalue weighted by molar-refractivity contribution is 4.57. The molecule has 0 fully saturated rings. The zero-order chi connectivity index (χ0) is 6.41. The van der Waals surface area contributed by atoms with Crippen molar-refractivity contribution in [2.24, 2.45) is 5.92 Å². The molecule has 0 amide bonds. The van der Waals surface area contributed by atoms with Crippen molar-refractivity contribution >= 4 is 0 Å². The van der Waals surface area contributed by atoms with Crippen molar-refractivity contribution in [2.75, 3.05) is 6.67 Å². The molecule has 1 heteroatoms. The summed E-state index contributed by atoms with van der Waals surface area (Å²) >= 11 is 0. The minimum Gasteiger partial charge on any atom is -0.251 e. The van der Waals surface area contributed by atoms with Crippen molar-refractivity contribution < 1.29 is 4.39 Å². The van der Waals surface area contributed by atoms with E-state index in [9.17, 15) is 4.39 Å². The molecule has 1 unspecified atom stereocenters. The molecule has 0 aliphatic heterocycles. The van der Waals surface area contributed by atoms with Gasteiger partial charge in [-0.2, -0.15) is 0 Å². The van der Waals surface area contributed by atoms with Gasteiger partial charge in [0.15, 0.2) is 0 Å². The SMILES string of the molecule is [CH2]C(CF)CCCC. The van der Waals surface area contributed by atoms with Crippen LogP contribution in [0, 0.1) is 12.8 Å². The molecule has 49 valence electrons. The third-order valence-electron chi connectivity index (χ3n) is 1.18. The average Bonchev–Trinajstić information content (AvgIpc) is 1.83. The zero-order valence-electron chi connectivity index (χ0n) is 5.49. The fraction of sp³-hybridized carbons (Fsp3) is 0.857. The fourth-order valence-electron chi connectivity index (χ4n) is 0.570. The molecule has 0 saturated carbocycles. The summed E-state index contributed by atoms with van der Waals surface area (Å²) in [6.07, 6.45) is 3.19. The van der Waals surface area contributed by atoms with E-state index < -0.39 is 0 Å². The van der Waals surface area contributed by atoms with Gasteiger partial charge in [-0.3, -0.25) is 4.39 Å². The number of hydrogen-bond donors (Lipinski definition) is 0. The maximum absolute atomic E-state index is 11.6. The number of alkyl halides is 1. The normalized spacial score (nSPS) is 13.9. The predicted octanol–water partition coefficient (Wildman–Crippen LogP) is 2.60. The molecule has 0 heterocycles. The molecule has 0 rings (SSSR count). The Bertz CT molecular complexity index is 43.7. The van der Waals surface area contributed by atoms with Crippen LogP contribution >= 0.6 is 0 Å². The van der Waals surface area contributed by atoms with Crippen molar-refractivity contribution in [3.05, 3.63) is 6.92 Å². The molecule has 1 atom stereocenters. The fourth-order valence-corrected chi connectivity index (χ4v) is 0.570. The lowest BCUT2D eigenvalue weighted by Gasteiger charge is -2.01. The monoisotopic (exact) mass is 117 g/mol. The summed E-state index contributed by atoms with van der Waals surface area (Å²) in [6, 6.07) is 0. The Morgan fingerprint density at radius 3 is 2.62 bits per heavy atom. The molecular formula is C7H14F. The molecule has 0 aliphatic rings. The molecular weight excluding hydrogens is 103 g/mol. The van der Waals surface area contributed by atoms with E-state index in [0.717, 1.165) is 19.3 Å². The lowest BCUT2D eigenvalue weighted by Crippen LogP contribution is -1.95. The second-order valence-electron chi connectivity index (χ2n) is 2.16. The van der Waals surface area contributed by atoms with Crippen LogP contribution in [0.15, 0.2) is 0 Å². The van der Waals surface area contributed by atoms with Gasteiger partial charge in [-0.15, -0.1) is 0 Å². The van der Waals surface area contributed by atoms with Gasteiger partial charge in [-0.05, 0) is 19.3 Å². The minimum absolute atomic E-state index is 0.0370. The lowest BCUT2D eigenvalue weighted by molar-refractivity contribution is 0.385. The van der Waals surface area contributed by atoms with E-state index in [2.05, 4.69) is 13.8 Å². The van der Waals surface area contributed by atoms with Gasteiger partial charge in [-0.1, -0.05) is 19.8 Å². The van der Waals surface area contributed by atoms with E-state index in [1.165, 1.54) is 0 Å². The van der Waals surface area contributed by atoms with E-state index in [1.54, 1.807) is 0 Å². The number of halogens is 1. The quantitative estimate of drug-likeness (QED) is 0.531. The van der Waals surface area contributed by atoms with Gasteiger partial charge in [0.25, 0.3) is 0 Å². The summed E-state index contributed by atoms with van der Waals surface area (Å²) in [5.41, 5.74) is 0. The Morgan fingerprint density at radius 2 is 2.25 bits per heavy atom. The first kappa shape index (κ1) is 7.93. The number of rotatable bonds is 4. The number of hydrogen-bond acceptors (Lipinski definition) is 0. The Hall–Kier alpha value is -0.0700. The smallest absolute Gasteiger partial charge is 0.0922 e. The van der Waals surface area contributed by atoms with Crippen LogP contribution in [0.4, 0.5) is 4.39 Å². The number of unbranched alkanes of at least 4 members (excludes halogenated alkanes) is 1. The summed E-state index contributed by atoms with van der Waals surface area (Å²) in [5.74, 6) is 0.0370. The summed E-state index contributed by atoms with van der Waals surface area (Å²) < 4.78 is 11.6. The van der Waals surface area contributed by atoms with Crippen LogP contribution in [0.3, 0.4) is 0 Å². The maximum Gasteiger partial charge on any atom is 0.0922 e. The third kappa shape index (κ3) is 4.10. The molecule has 0 aromatic carbocycles. The van der Waals surface area contributed by atoms with Gasteiger partial charge in [0, 0.05) is 0 Å². The van der Waals surface area contributed by atoms with Crippen LogP contribution in [0.5, 0.6) is 0 Å². The molecule has 0 saturated heterocycles. The first-order valence-corrected chi connectivity index (χ1v) is 3.20. The maximum atomic E-state index is 11.6. The van der Waals surface area contributed by atoms with Crippen LogP contribution in [0.1, 0.15) is 26.2 Å². The largest absolute Gasteiger partial charge is 0.251 e. The second kappa shape index (κ2) is 5.07. The van der Waals surface area contributed by atoms with Crippen molar-refractivity contribution in [3.8, 4) is 0 Å². The molecule has 0 bridgehead atoms. The van der Waals surface area contributed by atoms with Crippen molar-refractivity contribution in [2.45, 2.75) is 26.2 Å². The van der Waals surface area contributed by atoms with Crippen LogP contribution < -0.4 is 0 Å². The lowest BCUT2D eigenvalue weighted by atomic mass is 10.1. The highest BCUT2D eigenvalue weighted by Crippen LogP contribution is 2.06. The first-order valence-electron chi connectivity index (χ1n) is 3.20. The van der Waals surface area contributed by atoms with Crippen LogP contribution in [-0.2, 0) is 0 Å². The van der Waals surface area contributed by atoms with Crippen molar-refractivity contribution in [3.63, 3.8) is 0 Å². The highest BCUT2D eigenvalue weighted by atomic mass is 19.1. The van der Waals surface area contributed by atoms with Gasteiger partial charge in [-0.25, -0.2) is 0 Å². The van der Waals surface area contributed by atoms with Gasteiger partial charge in [0.1, 0.15) is 0 Å². The third-order valence-corrected chi connectivity index (χ3v) is 1.18. The van der Waals surface area contributed by atoms with Crippen LogP contribution in [-0.4, -0.2) is 6.67 Å². The van der Waals surface area contributed by atoms with Crippen molar-refractivity contribution in [1.29, 1.82) is 0 Å². The Morgan fingerprint density at radius 1 is 1.62 bits per heavy atom. The molecule has 0 aromatic heterocycles. The average molecular weight is 117 g/mol. The summed E-state index contributed by atoms with van der Waals surface area (Å²) in [7, 11) is 0. The molecule has 0 spiro atoms. The van der Waals surface area contributed by atoms with Gasteiger partial charge in [0.2, 0.25) is 0 Å². The van der Waals surface area contributed by atoms with E-state index in [4.69, 9.17) is 0 Å². The van der Waals surface area contributed by atoms with Gasteiger partial charge in [0.05, 0.1) is 6.67 Å². The van der Waals surface area contributed by atoms with E-state index >= 15 is 0 Å². The zero-order valence-corrected chi connectivity index (χ0v) is 5.49. The van der Waals surface area contributed by atoms with Crippen LogP contribution in [0.2, 0.25) is 0 Å². The summed E-state index contributed by atoms with van der Waals surface area (Å²) in [6.45, 7) is 5.46.